The van der Waals surface area contributed by atoms with E-state index >= 15 is 0 Å². The van der Waals surface area contributed by atoms with Crippen molar-refractivity contribution in [1.82, 2.24) is 10.2 Å². The number of amides is 2. The number of carbonyl (C=O) groups is 2. The Hall–Kier alpha value is -2.82. The Kier molecular flexibility index (Phi) is 8.72. The van der Waals surface area contributed by atoms with E-state index in [2.05, 4.69) is 19.2 Å². The Morgan fingerprint density at radius 3 is 2.25 bits per heavy atom. The van der Waals surface area contributed by atoms with Gasteiger partial charge in [0.1, 0.15) is 11.8 Å². The number of ether oxygens (including phenoxy) is 1. The van der Waals surface area contributed by atoms with Crippen LogP contribution < -0.4 is 10.1 Å². The fraction of sp³-hybridized carbons (Fsp3) is 0.481. The Morgan fingerprint density at radius 1 is 0.969 bits per heavy atom. The van der Waals surface area contributed by atoms with Crippen LogP contribution in [0.1, 0.15) is 69.9 Å². The van der Waals surface area contributed by atoms with Gasteiger partial charge in [-0.1, -0.05) is 75.6 Å². The zero-order chi connectivity index (χ0) is 22.9. The van der Waals surface area contributed by atoms with E-state index in [9.17, 15) is 9.59 Å². The molecule has 0 aromatic heterocycles. The SMILES string of the molecule is CC(C)c1ccc(OCC(=O)N(Cc2ccccc2)[C@H](C)C(=O)NC2CCCCC2)cc1. The van der Waals surface area contributed by atoms with Crippen LogP contribution in [0, 0.1) is 0 Å². The molecule has 0 bridgehead atoms. The van der Waals surface area contributed by atoms with Crippen LogP contribution in [0.5, 0.6) is 5.75 Å². The van der Waals surface area contributed by atoms with Crippen molar-refractivity contribution < 1.29 is 14.3 Å². The van der Waals surface area contributed by atoms with Gasteiger partial charge in [0.25, 0.3) is 5.91 Å². The van der Waals surface area contributed by atoms with Crippen LogP contribution in [0.3, 0.4) is 0 Å². The van der Waals surface area contributed by atoms with Crippen LogP contribution in [0.15, 0.2) is 54.6 Å². The van der Waals surface area contributed by atoms with E-state index in [-0.39, 0.29) is 24.5 Å². The van der Waals surface area contributed by atoms with E-state index in [1.54, 1.807) is 11.8 Å². The molecule has 1 fully saturated rings. The zero-order valence-corrected chi connectivity index (χ0v) is 19.5. The molecule has 0 saturated heterocycles. The average Bonchev–Trinajstić information content (AvgIpc) is 2.82. The van der Waals surface area contributed by atoms with Crippen LogP contribution in [0.4, 0.5) is 0 Å². The van der Waals surface area contributed by atoms with Crippen molar-refractivity contribution in [3.05, 3.63) is 65.7 Å². The summed E-state index contributed by atoms with van der Waals surface area (Å²) in [6, 6.07) is 17.2. The molecule has 1 atom stereocenters. The van der Waals surface area contributed by atoms with Gasteiger partial charge in [0.2, 0.25) is 5.91 Å². The predicted molar refractivity (Wildman–Crippen MR) is 127 cm³/mol. The first kappa shape index (κ1) is 23.8. The van der Waals surface area contributed by atoms with Crippen LogP contribution in [0.2, 0.25) is 0 Å². The molecule has 0 radical (unpaired) electrons. The summed E-state index contributed by atoms with van der Waals surface area (Å²) in [5, 5.41) is 3.16. The fourth-order valence-corrected chi connectivity index (χ4v) is 4.11. The lowest BCUT2D eigenvalue weighted by atomic mass is 9.95. The number of benzene rings is 2. The topological polar surface area (TPSA) is 58.6 Å². The maximum atomic E-state index is 13.2. The maximum absolute atomic E-state index is 13.2. The van der Waals surface area contributed by atoms with E-state index in [0.29, 0.717) is 18.2 Å². The molecular formula is C27H36N2O3. The van der Waals surface area contributed by atoms with Gasteiger partial charge >= 0.3 is 0 Å². The minimum absolute atomic E-state index is 0.0949. The minimum atomic E-state index is -0.573. The summed E-state index contributed by atoms with van der Waals surface area (Å²) in [6.45, 7) is 6.35. The summed E-state index contributed by atoms with van der Waals surface area (Å²) in [5.41, 5.74) is 2.21. The lowest BCUT2D eigenvalue weighted by molar-refractivity contribution is -0.142. The number of hydrogen-bond acceptors (Lipinski definition) is 3. The second kappa shape index (κ2) is 11.7. The van der Waals surface area contributed by atoms with Crippen molar-refractivity contribution in [3.8, 4) is 5.75 Å². The van der Waals surface area contributed by atoms with Crippen molar-refractivity contribution in [2.24, 2.45) is 0 Å². The normalized spacial score (nSPS) is 15.2. The van der Waals surface area contributed by atoms with Crippen molar-refractivity contribution in [2.45, 2.75) is 77.4 Å². The zero-order valence-electron chi connectivity index (χ0n) is 19.5. The van der Waals surface area contributed by atoms with Gasteiger partial charge in [-0.25, -0.2) is 0 Å². The van der Waals surface area contributed by atoms with E-state index in [0.717, 1.165) is 31.2 Å². The minimum Gasteiger partial charge on any atom is -0.484 e. The molecule has 0 heterocycles. The Balaban J connectivity index is 1.66. The molecule has 2 aromatic carbocycles. The number of hydrogen-bond donors (Lipinski definition) is 1. The van der Waals surface area contributed by atoms with Crippen molar-refractivity contribution >= 4 is 11.8 Å². The van der Waals surface area contributed by atoms with Crippen LogP contribution in [0.25, 0.3) is 0 Å². The van der Waals surface area contributed by atoms with Gasteiger partial charge in [-0.2, -0.15) is 0 Å². The van der Waals surface area contributed by atoms with Crippen LogP contribution >= 0.6 is 0 Å². The Bertz CT molecular complexity index is 858. The highest BCUT2D eigenvalue weighted by atomic mass is 16.5. The third-order valence-corrected chi connectivity index (χ3v) is 6.22. The molecule has 32 heavy (non-hydrogen) atoms. The summed E-state index contributed by atoms with van der Waals surface area (Å²) in [4.78, 5) is 27.8. The molecule has 0 spiro atoms. The second-order valence-corrected chi connectivity index (χ2v) is 9.04. The maximum Gasteiger partial charge on any atom is 0.261 e. The first-order chi connectivity index (χ1) is 15.4. The average molecular weight is 437 g/mol. The molecule has 0 aliphatic heterocycles. The van der Waals surface area contributed by atoms with E-state index < -0.39 is 6.04 Å². The molecule has 172 valence electrons. The largest absolute Gasteiger partial charge is 0.484 e. The Labute approximate surface area is 192 Å². The number of rotatable bonds is 9. The predicted octanol–water partition coefficient (Wildman–Crippen LogP) is 5.06. The highest BCUT2D eigenvalue weighted by Crippen LogP contribution is 2.20. The van der Waals surface area contributed by atoms with Gasteiger partial charge in [-0.15, -0.1) is 0 Å². The van der Waals surface area contributed by atoms with Crippen molar-refractivity contribution in [2.75, 3.05) is 6.61 Å². The Morgan fingerprint density at radius 2 is 1.62 bits per heavy atom. The molecular weight excluding hydrogens is 400 g/mol. The fourth-order valence-electron chi connectivity index (χ4n) is 4.11. The summed E-state index contributed by atoms with van der Waals surface area (Å²) >= 11 is 0. The van der Waals surface area contributed by atoms with E-state index in [1.165, 1.54) is 12.0 Å². The van der Waals surface area contributed by atoms with Gasteiger partial charge in [0.05, 0.1) is 0 Å². The molecule has 3 rings (SSSR count). The summed E-state index contributed by atoms with van der Waals surface area (Å²) in [5.74, 6) is 0.799. The molecule has 1 N–H and O–H groups in total. The highest BCUT2D eigenvalue weighted by Gasteiger charge is 2.28. The van der Waals surface area contributed by atoms with Crippen LogP contribution in [-0.2, 0) is 16.1 Å². The second-order valence-electron chi connectivity index (χ2n) is 9.04. The highest BCUT2D eigenvalue weighted by molar-refractivity contribution is 5.88. The molecule has 0 unspecified atom stereocenters. The summed E-state index contributed by atoms with van der Waals surface area (Å²) in [7, 11) is 0. The summed E-state index contributed by atoms with van der Waals surface area (Å²) < 4.78 is 5.78. The van der Waals surface area contributed by atoms with Crippen molar-refractivity contribution in [3.63, 3.8) is 0 Å². The number of carbonyl (C=O) groups excluding carboxylic acids is 2. The van der Waals surface area contributed by atoms with Gasteiger partial charge < -0.3 is 15.0 Å². The van der Waals surface area contributed by atoms with Crippen LogP contribution in [-0.4, -0.2) is 35.4 Å². The van der Waals surface area contributed by atoms with Crippen molar-refractivity contribution in [1.29, 1.82) is 0 Å². The molecule has 2 aromatic rings. The van der Waals surface area contributed by atoms with Gasteiger partial charge in [-0.05, 0) is 48.9 Å². The molecule has 1 aliphatic rings. The van der Waals surface area contributed by atoms with Gasteiger partial charge in [0.15, 0.2) is 6.61 Å². The first-order valence-corrected chi connectivity index (χ1v) is 11.8. The lowest BCUT2D eigenvalue weighted by Crippen LogP contribution is -2.51. The number of nitrogens with zero attached hydrogens (tertiary/aromatic N) is 1. The molecule has 5 heteroatoms. The summed E-state index contributed by atoms with van der Waals surface area (Å²) in [6.07, 6.45) is 5.56. The monoisotopic (exact) mass is 436 g/mol. The lowest BCUT2D eigenvalue weighted by Gasteiger charge is -2.31. The third kappa shape index (κ3) is 6.84. The first-order valence-electron chi connectivity index (χ1n) is 11.8. The van der Waals surface area contributed by atoms with Gasteiger partial charge in [0, 0.05) is 12.6 Å². The molecule has 5 nitrogen and oxygen atoms in total. The molecule has 1 saturated carbocycles. The van der Waals surface area contributed by atoms with E-state index in [1.807, 2.05) is 54.6 Å². The standard InChI is InChI=1S/C27H36N2O3/c1-20(2)23-14-16-25(17-15-23)32-19-26(30)29(18-22-10-6-4-7-11-22)21(3)27(31)28-24-12-8-5-9-13-24/h4,6-7,10-11,14-17,20-21,24H,5,8-9,12-13,18-19H2,1-3H3,(H,28,31)/t21-/m1/s1. The molecule has 2 amide bonds. The third-order valence-electron chi connectivity index (χ3n) is 6.22. The quantitative estimate of drug-likeness (QED) is 0.598. The smallest absolute Gasteiger partial charge is 0.261 e. The number of nitrogens with one attached hydrogen (secondary N) is 1. The van der Waals surface area contributed by atoms with Gasteiger partial charge in [-0.3, -0.25) is 9.59 Å². The van der Waals surface area contributed by atoms with E-state index in [4.69, 9.17) is 4.74 Å². The molecule has 1 aliphatic carbocycles.